The van der Waals surface area contributed by atoms with Crippen molar-refractivity contribution in [1.82, 2.24) is 4.90 Å². The van der Waals surface area contributed by atoms with Crippen LogP contribution in [0.2, 0.25) is 0 Å². The molecule has 0 atom stereocenters. The van der Waals surface area contributed by atoms with Crippen LogP contribution in [0.15, 0.2) is 78.4 Å². The van der Waals surface area contributed by atoms with Crippen LogP contribution >= 0.6 is 0 Å². The third-order valence-corrected chi connectivity index (χ3v) is 4.19. The van der Waals surface area contributed by atoms with Crippen molar-refractivity contribution in [3.05, 3.63) is 94.1 Å². The van der Waals surface area contributed by atoms with Gasteiger partial charge in [-0.3, -0.25) is 10.1 Å². The lowest BCUT2D eigenvalue weighted by Gasteiger charge is -2.08. The van der Waals surface area contributed by atoms with E-state index >= 15 is 0 Å². The molecule has 0 heterocycles. The Hall–Kier alpha value is -4.02. The van der Waals surface area contributed by atoms with E-state index in [-0.39, 0.29) is 5.69 Å². The van der Waals surface area contributed by atoms with E-state index in [1.165, 1.54) is 11.6 Å². The molecule has 194 valence electrons. The summed E-state index contributed by atoms with van der Waals surface area (Å²) in [7, 11) is 9.31. The topological polar surface area (TPSA) is 79.7 Å². The first kappa shape index (κ1) is 32.0. The van der Waals surface area contributed by atoms with E-state index < -0.39 is 4.92 Å². The van der Waals surface area contributed by atoms with E-state index in [4.69, 9.17) is 4.74 Å². The van der Waals surface area contributed by atoms with Gasteiger partial charge in [0.15, 0.2) is 0 Å². The van der Waals surface area contributed by atoms with Gasteiger partial charge in [0.1, 0.15) is 11.4 Å². The molecule has 0 aromatic heterocycles. The number of ether oxygens (including phenoxy) is 1. The monoisotopic (exact) mass is 492 g/mol. The van der Waals surface area contributed by atoms with Gasteiger partial charge in [0.05, 0.1) is 12.0 Å². The quantitative estimate of drug-likeness (QED) is 0.193. The molecule has 0 saturated heterocycles. The van der Waals surface area contributed by atoms with Crippen molar-refractivity contribution in [3.8, 4) is 17.6 Å². The predicted molar refractivity (Wildman–Crippen MR) is 154 cm³/mol. The van der Waals surface area contributed by atoms with Crippen LogP contribution in [0.3, 0.4) is 0 Å². The van der Waals surface area contributed by atoms with Gasteiger partial charge in [-0.1, -0.05) is 42.4 Å². The molecule has 36 heavy (non-hydrogen) atoms. The number of hydrogen-bond donors (Lipinski definition) is 2. The maximum absolute atomic E-state index is 10.6. The first-order chi connectivity index (χ1) is 17.1. The summed E-state index contributed by atoms with van der Waals surface area (Å²) < 4.78 is 5.18. The SMILES string of the molecule is C=C/C(=C\C=C(C)C)CNc1cccc(OC)c1.CC#Cc1ccc([N+](=O)[O-])c(NC)c1.CN(C)C. The molecule has 0 fully saturated rings. The summed E-state index contributed by atoms with van der Waals surface area (Å²) in [6.07, 6.45) is 6.03. The molecule has 0 unspecified atom stereocenters. The molecule has 0 spiro atoms. The normalized spacial score (nSPS) is 9.75. The highest BCUT2D eigenvalue weighted by atomic mass is 16.6. The summed E-state index contributed by atoms with van der Waals surface area (Å²) in [4.78, 5) is 12.2. The van der Waals surface area contributed by atoms with Crippen molar-refractivity contribution in [1.29, 1.82) is 0 Å². The van der Waals surface area contributed by atoms with E-state index in [0.717, 1.165) is 29.1 Å². The second-order valence-corrected chi connectivity index (χ2v) is 8.23. The van der Waals surface area contributed by atoms with Crippen LogP contribution < -0.4 is 15.4 Å². The summed E-state index contributed by atoms with van der Waals surface area (Å²) in [6, 6.07) is 12.6. The zero-order valence-corrected chi connectivity index (χ0v) is 22.8. The van der Waals surface area contributed by atoms with Crippen LogP contribution in [0.25, 0.3) is 0 Å². The minimum atomic E-state index is -0.422. The van der Waals surface area contributed by atoms with Crippen LogP contribution in [0.4, 0.5) is 17.1 Å². The molecule has 7 nitrogen and oxygen atoms in total. The highest BCUT2D eigenvalue weighted by Gasteiger charge is 2.11. The Morgan fingerprint density at radius 1 is 1.17 bits per heavy atom. The van der Waals surface area contributed by atoms with E-state index in [9.17, 15) is 10.1 Å². The fourth-order valence-corrected chi connectivity index (χ4v) is 2.53. The Morgan fingerprint density at radius 3 is 2.33 bits per heavy atom. The lowest BCUT2D eigenvalue weighted by atomic mass is 10.2. The van der Waals surface area contributed by atoms with Crippen molar-refractivity contribution in [2.24, 2.45) is 0 Å². The molecule has 2 aromatic rings. The molecule has 0 saturated carbocycles. The largest absolute Gasteiger partial charge is 0.497 e. The predicted octanol–water partition coefficient (Wildman–Crippen LogP) is 6.37. The highest BCUT2D eigenvalue weighted by Crippen LogP contribution is 2.24. The average Bonchev–Trinajstić information content (AvgIpc) is 2.84. The molecular formula is C29H40N4O3. The van der Waals surface area contributed by atoms with E-state index in [1.54, 1.807) is 33.2 Å². The van der Waals surface area contributed by atoms with Crippen LogP contribution in [0.1, 0.15) is 26.3 Å². The summed E-state index contributed by atoms with van der Waals surface area (Å²) in [5.41, 5.74) is 4.78. The molecule has 0 radical (unpaired) electrons. The summed E-state index contributed by atoms with van der Waals surface area (Å²) in [5.74, 6) is 6.43. The van der Waals surface area contributed by atoms with Crippen LogP contribution in [0, 0.1) is 22.0 Å². The Kier molecular flexibility index (Phi) is 16.3. The van der Waals surface area contributed by atoms with Gasteiger partial charge in [-0.15, -0.1) is 5.92 Å². The molecule has 7 heteroatoms. The zero-order chi connectivity index (χ0) is 27.5. The molecule has 0 aliphatic rings. The van der Waals surface area contributed by atoms with Crippen molar-refractivity contribution < 1.29 is 9.66 Å². The van der Waals surface area contributed by atoms with Crippen molar-refractivity contribution in [2.75, 3.05) is 52.5 Å². The van der Waals surface area contributed by atoms with E-state index in [0.29, 0.717) is 5.69 Å². The number of hydrogen-bond acceptors (Lipinski definition) is 6. The van der Waals surface area contributed by atoms with Crippen LogP contribution in [-0.2, 0) is 0 Å². The second kappa shape index (κ2) is 18.3. The van der Waals surface area contributed by atoms with Gasteiger partial charge in [0, 0.05) is 37.0 Å². The first-order valence-corrected chi connectivity index (χ1v) is 11.4. The van der Waals surface area contributed by atoms with Crippen LogP contribution in [0.5, 0.6) is 5.75 Å². The number of benzene rings is 2. The Labute approximate surface area is 216 Å². The number of nitrogens with one attached hydrogen (secondary N) is 2. The van der Waals surface area contributed by atoms with Gasteiger partial charge in [0.25, 0.3) is 5.69 Å². The number of nitro benzene ring substituents is 1. The van der Waals surface area contributed by atoms with Gasteiger partial charge in [0.2, 0.25) is 0 Å². The Balaban J connectivity index is 0.000000606. The lowest BCUT2D eigenvalue weighted by Crippen LogP contribution is -2.03. The smallest absolute Gasteiger partial charge is 0.292 e. The van der Waals surface area contributed by atoms with Gasteiger partial charge in [-0.25, -0.2) is 0 Å². The molecule has 0 aliphatic heterocycles. The van der Waals surface area contributed by atoms with Crippen molar-refractivity contribution >= 4 is 17.1 Å². The molecule has 0 aliphatic carbocycles. The lowest BCUT2D eigenvalue weighted by molar-refractivity contribution is -0.383. The molecule has 2 N–H and O–H groups in total. The molecule has 0 bridgehead atoms. The number of rotatable bonds is 8. The fourth-order valence-electron chi connectivity index (χ4n) is 2.53. The number of allylic oxidation sites excluding steroid dienone is 3. The van der Waals surface area contributed by atoms with Gasteiger partial charge < -0.3 is 20.3 Å². The molecule has 2 rings (SSSR count). The molecule has 2 aromatic carbocycles. The summed E-state index contributed by atoms with van der Waals surface area (Å²) in [6.45, 7) is 10.4. The van der Waals surface area contributed by atoms with Gasteiger partial charge >= 0.3 is 0 Å². The first-order valence-electron chi connectivity index (χ1n) is 11.4. The standard InChI is InChI=1S/C16H21NO.C10H10N2O2.C3H9N/c1-5-14(10-9-13(2)3)12-17-15-7-6-8-16(11-15)18-4;1-3-4-8-5-6-10(12(13)14)9(7-8)11-2;1-4(2)3/h5-11,17H,1,12H2,2-4H3;5-7,11H,1-2H3;1-3H3/b14-10+;;. The number of nitrogens with zero attached hydrogens (tertiary/aromatic N) is 2. The Morgan fingerprint density at radius 2 is 1.83 bits per heavy atom. The van der Waals surface area contributed by atoms with Gasteiger partial charge in [-0.05, 0) is 71.8 Å². The van der Waals surface area contributed by atoms with Crippen molar-refractivity contribution in [3.63, 3.8) is 0 Å². The minimum absolute atomic E-state index is 0.0640. The summed E-state index contributed by atoms with van der Waals surface area (Å²) in [5, 5.41) is 16.7. The van der Waals surface area contributed by atoms with Gasteiger partial charge in [-0.2, -0.15) is 0 Å². The highest BCUT2D eigenvalue weighted by molar-refractivity contribution is 5.64. The third-order valence-electron chi connectivity index (χ3n) is 4.19. The number of methoxy groups -OCH3 is 1. The third kappa shape index (κ3) is 14.3. The minimum Gasteiger partial charge on any atom is -0.497 e. The van der Waals surface area contributed by atoms with E-state index in [2.05, 4.69) is 55.1 Å². The van der Waals surface area contributed by atoms with E-state index in [1.807, 2.05) is 56.4 Å². The fraction of sp³-hybridized carbons (Fsp3) is 0.310. The maximum Gasteiger partial charge on any atom is 0.292 e. The second-order valence-electron chi connectivity index (χ2n) is 8.23. The molecular weight excluding hydrogens is 452 g/mol. The zero-order valence-electron chi connectivity index (χ0n) is 22.8. The maximum atomic E-state index is 10.6. The number of anilines is 2. The van der Waals surface area contributed by atoms with Crippen LogP contribution in [-0.4, -0.2) is 51.7 Å². The summed E-state index contributed by atoms with van der Waals surface area (Å²) >= 11 is 0. The van der Waals surface area contributed by atoms with Crippen molar-refractivity contribution in [2.45, 2.75) is 20.8 Å². The molecule has 0 amide bonds. The Bertz CT molecular complexity index is 1090. The average molecular weight is 493 g/mol. The number of nitro groups is 1.